The molecule has 0 bridgehead atoms. The Hall–Kier alpha value is -5.10. The number of carbonyl (C=O) groups excluding carboxylic acids is 1. The first-order chi connectivity index (χ1) is 26.0. The molecule has 0 fully saturated rings. The van der Waals surface area contributed by atoms with Crippen molar-refractivity contribution in [1.82, 2.24) is 9.97 Å². The summed E-state index contributed by atoms with van der Waals surface area (Å²) in [5.41, 5.74) is 12.3. The zero-order chi connectivity index (χ0) is 38.3. The maximum Gasteiger partial charge on any atom is 0.316 e. The Labute approximate surface area is 323 Å². The highest BCUT2D eigenvalue weighted by atomic mass is 16.5. The number of likely N-dealkylation sites (N-methyl/N-ethyl adjacent to an activating group) is 1. The smallest absolute Gasteiger partial charge is 0.316 e. The summed E-state index contributed by atoms with van der Waals surface area (Å²) in [4.78, 5) is 23.7. The van der Waals surface area contributed by atoms with Crippen molar-refractivity contribution in [2.75, 3.05) is 18.0 Å². The van der Waals surface area contributed by atoms with Gasteiger partial charge < -0.3 is 9.64 Å². The van der Waals surface area contributed by atoms with E-state index in [0.717, 1.165) is 50.0 Å². The van der Waals surface area contributed by atoms with Gasteiger partial charge in [-0.2, -0.15) is 4.58 Å². The Morgan fingerprint density at radius 3 is 2.39 bits per heavy atom. The number of ketones is 1. The lowest BCUT2D eigenvalue weighted by atomic mass is 9.81. The van der Waals surface area contributed by atoms with Crippen LogP contribution in [-0.4, -0.2) is 39.1 Å². The number of unbranched alkanes of at least 4 members (excludes halogenated alkanes) is 2. The second-order valence-electron chi connectivity index (χ2n) is 15.8. The summed E-state index contributed by atoms with van der Waals surface area (Å²) in [5, 5.41) is 0. The number of aryl methyl sites for hydroxylation is 3. The number of hydrogen-bond acceptors (Lipinski definition) is 5. The van der Waals surface area contributed by atoms with Gasteiger partial charge in [-0.05, 0) is 94.8 Å². The maximum atomic E-state index is 12.8. The van der Waals surface area contributed by atoms with Crippen molar-refractivity contribution in [1.29, 1.82) is 0 Å². The number of fused-ring (bicyclic) bond motifs is 2. The first-order valence-corrected chi connectivity index (χ1v) is 19.7. The lowest BCUT2D eigenvalue weighted by Crippen LogP contribution is -2.28. The molecule has 280 valence electrons. The number of aromatic nitrogens is 2. The number of allylic oxidation sites excluding steroid dienone is 6. The minimum atomic E-state index is -0.102. The number of carbonyl (C=O) groups is 1. The number of hydrogen-bond donors (Lipinski definition) is 0. The third-order valence-corrected chi connectivity index (χ3v) is 11.1. The molecule has 3 aromatic carbocycles. The summed E-state index contributed by atoms with van der Waals surface area (Å²) in [6, 6.07) is 26.2. The fraction of sp³-hybridized carbons (Fsp3) is 0.375. The lowest BCUT2D eigenvalue weighted by Gasteiger charge is -2.25. The van der Waals surface area contributed by atoms with E-state index in [4.69, 9.17) is 4.74 Å². The topological polar surface area (TPSA) is 58.3 Å². The van der Waals surface area contributed by atoms with Crippen LogP contribution >= 0.6 is 0 Å². The van der Waals surface area contributed by atoms with E-state index in [9.17, 15) is 4.79 Å². The summed E-state index contributed by atoms with van der Waals surface area (Å²) in [7, 11) is 0. The van der Waals surface area contributed by atoms with Crippen LogP contribution in [0.3, 0.4) is 0 Å². The van der Waals surface area contributed by atoms with E-state index in [-0.39, 0.29) is 10.8 Å². The Bertz CT molecular complexity index is 2080. The summed E-state index contributed by atoms with van der Waals surface area (Å²) in [6.07, 6.45) is 17.8. The molecular formula is C48H57N4O2+. The van der Waals surface area contributed by atoms with Crippen LogP contribution in [0.5, 0.6) is 6.01 Å². The Kier molecular flexibility index (Phi) is 12.1. The van der Waals surface area contributed by atoms with E-state index in [0.29, 0.717) is 31.2 Å². The van der Waals surface area contributed by atoms with Crippen LogP contribution in [0.2, 0.25) is 0 Å². The van der Waals surface area contributed by atoms with Gasteiger partial charge in [0.15, 0.2) is 5.71 Å². The molecular weight excluding hydrogens is 665 g/mol. The lowest BCUT2D eigenvalue weighted by molar-refractivity contribution is -0.438. The third kappa shape index (κ3) is 8.65. The molecule has 4 aromatic rings. The van der Waals surface area contributed by atoms with Gasteiger partial charge in [-0.25, -0.2) is 9.97 Å². The largest absolute Gasteiger partial charge is 0.459 e. The fourth-order valence-corrected chi connectivity index (χ4v) is 7.99. The molecule has 0 aliphatic carbocycles. The highest BCUT2D eigenvalue weighted by Gasteiger charge is 2.44. The Balaban J connectivity index is 1.02. The van der Waals surface area contributed by atoms with Gasteiger partial charge in [0.25, 0.3) is 0 Å². The first kappa shape index (κ1) is 38.6. The average Bonchev–Trinajstić information content (AvgIpc) is 3.51. The van der Waals surface area contributed by atoms with Gasteiger partial charge in [0.1, 0.15) is 18.9 Å². The van der Waals surface area contributed by atoms with Crippen molar-refractivity contribution in [3.05, 3.63) is 149 Å². The van der Waals surface area contributed by atoms with E-state index < -0.39 is 0 Å². The van der Waals surface area contributed by atoms with Crippen molar-refractivity contribution in [2.45, 2.75) is 104 Å². The van der Waals surface area contributed by atoms with Crippen LogP contribution in [0.25, 0.3) is 0 Å². The number of nitrogens with zero attached hydrogens (tertiary/aromatic N) is 4. The van der Waals surface area contributed by atoms with Gasteiger partial charge in [0, 0.05) is 72.2 Å². The first-order valence-electron chi connectivity index (χ1n) is 19.7. The van der Waals surface area contributed by atoms with Gasteiger partial charge in [-0.15, -0.1) is 0 Å². The molecule has 0 spiro atoms. The molecule has 0 saturated heterocycles. The van der Waals surface area contributed by atoms with Crippen LogP contribution in [0.1, 0.15) is 100 Å². The molecule has 0 unspecified atom stereocenters. The number of Topliss-reactive ketones (excluding diaryl/α,β-unsaturated/α-hetero) is 1. The number of anilines is 1. The van der Waals surface area contributed by atoms with E-state index in [1.165, 1.54) is 45.0 Å². The van der Waals surface area contributed by atoms with Gasteiger partial charge in [0.2, 0.25) is 5.69 Å². The number of benzene rings is 3. The predicted molar refractivity (Wildman–Crippen MR) is 222 cm³/mol. The number of rotatable bonds is 16. The standard InChI is InChI=1S/C48H57N4O2/c1-8-51-42-19-15-14-18-40(42)47(4,5)44(51)20-12-9-13-21-45-48(6,7)41-33-35(2)22-29-43(41)52(45)32-16-10-11-17-39(53)28-27-37-23-25-38(26-24-37)34-54-46-49-31-30-36(3)50-46/h9,12-15,18-26,29-31,33H,8,10-11,16-17,27-28,32,34H2,1-7H3/q+1. The molecule has 0 atom stereocenters. The molecule has 0 N–H and O–H groups in total. The fourth-order valence-electron chi connectivity index (χ4n) is 7.99. The number of ether oxygens (including phenoxy) is 1. The summed E-state index contributed by atoms with van der Waals surface area (Å²) < 4.78 is 8.23. The molecule has 2 aliphatic rings. The molecule has 0 amide bonds. The minimum Gasteiger partial charge on any atom is -0.459 e. The van der Waals surface area contributed by atoms with Gasteiger partial charge >= 0.3 is 6.01 Å². The van der Waals surface area contributed by atoms with Crippen molar-refractivity contribution in [3.63, 3.8) is 0 Å². The van der Waals surface area contributed by atoms with Crippen molar-refractivity contribution < 1.29 is 14.1 Å². The molecule has 6 nitrogen and oxygen atoms in total. The molecule has 0 saturated carbocycles. The minimum absolute atomic E-state index is 0.0363. The Morgan fingerprint density at radius 1 is 0.833 bits per heavy atom. The monoisotopic (exact) mass is 721 g/mol. The molecule has 1 aromatic heterocycles. The molecule has 6 rings (SSSR count). The normalized spacial score (nSPS) is 16.5. The second-order valence-corrected chi connectivity index (χ2v) is 15.8. The Morgan fingerprint density at radius 2 is 1.61 bits per heavy atom. The molecule has 6 heteroatoms. The zero-order valence-electron chi connectivity index (χ0n) is 33.4. The molecule has 3 heterocycles. The number of para-hydroxylation sites is 1. The molecule has 0 radical (unpaired) electrons. The van der Waals surface area contributed by atoms with E-state index in [2.05, 4.69) is 158 Å². The van der Waals surface area contributed by atoms with Crippen molar-refractivity contribution in [2.24, 2.45) is 0 Å². The highest BCUT2D eigenvalue weighted by Crippen LogP contribution is 2.47. The third-order valence-electron chi connectivity index (χ3n) is 11.1. The van der Waals surface area contributed by atoms with Crippen molar-refractivity contribution >= 4 is 22.9 Å². The van der Waals surface area contributed by atoms with E-state index in [1.54, 1.807) is 6.20 Å². The van der Waals surface area contributed by atoms with E-state index in [1.807, 2.05) is 13.0 Å². The van der Waals surface area contributed by atoms with Crippen LogP contribution < -0.4 is 9.64 Å². The second kappa shape index (κ2) is 16.9. The molecule has 2 aliphatic heterocycles. The quantitative estimate of drug-likeness (QED) is 0.0655. The van der Waals surface area contributed by atoms with Crippen LogP contribution in [0, 0.1) is 13.8 Å². The highest BCUT2D eigenvalue weighted by molar-refractivity contribution is 6.03. The van der Waals surface area contributed by atoms with Crippen molar-refractivity contribution in [3.8, 4) is 6.01 Å². The zero-order valence-corrected chi connectivity index (χ0v) is 33.4. The average molecular weight is 722 g/mol. The van der Waals surface area contributed by atoms with E-state index >= 15 is 0 Å². The van der Waals surface area contributed by atoms with Crippen LogP contribution in [-0.2, 0) is 28.7 Å². The molecule has 54 heavy (non-hydrogen) atoms. The predicted octanol–water partition coefficient (Wildman–Crippen LogP) is 10.6. The van der Waals surface area contributed by atoms with Gasteiger partial charge in [0.05, 0.1) is 5.41 Å². The summed E-state index contributed by atoms with van der Waals surface area (Å²) in [5.74, 6) is 0.339. The SMILES string of the molecule is CCN1/C(=C/C=C/C=C/C2=[N+](CCCCCC(=O)CCc3ccc(COc4nccc(C)n4)cc3)c3ccc(C)cc3C2(C)C)C(C)(C)c2ccccc21. The van der Waals surface area contributed by atoms with Gasteiger partial charge in [-0.3, -0.25) is 4.79 Å². The summed E-state index contributed by atoms with van der Waals surface area (Å²) >= 11 is 0. The maximum absolute atomic E-state index is 12.8. The van der Waals surface area contributed by atoms with Crippen LogP contribution in [0.4, 0.5) is 11.4 Å². The van der Waals surface area contributed by atoms with Gasteiger partial charge in [-0.1, -0.05) is 86.2 Å². The summed E-state index contributed by atoms with van der Waals surface area (Å²) in [6.45, 7) is 17.9. The van der Waals surface area contributed by atoms with Crippen LogP contribution in [0.15, 0.2) is 115 Å².